The van der Waals surface area contributed by atoms with Gasteiger partial charge in [-0.25, -0.2) is 9.89 Å². The zero-order valence-corrected chi connectivity index (χ0v) is 16.7. The van der Waals surface area contributed by atoms with Gasteiger partial charge < -0.3 is 4.74 Å². The van der Waals surface area contributed by atoms with Crippen LogP contribution in [-0.4, -0.2) is 16.2 Å². The maximum atomic E-state index is 13.1. The van der Waals surface area contributed by atoms with Crippen LogP contribution in [0, 0.1) is 13.8 Å². The number of hydrogen-bond donors (Lipinski definition) is 1. The number of aromatic nitrogens is 2. The predicted octanol–water partition coefficient (Wildman–Crippen LogP) is 4.94. The molecule has 0 aliphatic carbocycles. The Morgan fingerprint density at radius 3 is 2.10 bits per heavy atom. The minimum absolute atomic E-state index is 0.0757. The number of hydrogen-bond acceptors (Lipinski definition) is 4. The van der Waals surface area contributed by atoms with Crippen molar-refractivity contribution >= 4 is 5.97 Å². The molecule has 4 aromatic rings. The molecule has 0 radical (unpaired) electrons. The van der Waals surface area contributed by atoms with E-state index in [1.165, 1.54) is 0 Å². The zero-order valence-electron chi connectivity index (χ0n) is 16.7. The van der Waals surface area contributed by atoms with Crippen LogP contribution >= 0.6 is 0 Å². The average molecular weight is 396 g/mol. The summed E-state index contributed by atoms with van der Waals surface area (Å²) in [4.78, 5) is 25.9. The van der Waals surface area contributed by atoms with Gasteiger partial charge in [-0.3, -0.25) is 4.79 Å². The van der Waals surface area contributed by atoms with Crippen LogP contribution in [0.15, 0.2) is 83.7 Å². The number of ether oxygens (including phenoxy) is 1. The summed E-state index contributed by atoms with van der Waals surface area (Å²) in [5, 5.41) is 6.71. The summed E-state index contributed by atoms with van der Waals surface area (Å²) in [6.45, 7) is 3.92. The molecule has 30 heavy (non-hydrogen) atoms. The highest BCUT2D eigenvalue weighted by molar-refractivity contribution is 6.01. The molecule has 0 bridgehead atoms. The van der Waals surface area contributed by atoms with Gasteiger partial charge in [0.2, 0.25) is 0 Å². The van der Waals surface area contributed by atoms with Gasteiger partial charge in [0.05, 0.1) is 5.69 Å². The standard InChI is InChI=1S/C25H20N2O3/c1-16-13-14-20(15-17(16)2)30-25(29)22-21(18-9-5-3-6-10-18)23(26-27-24(22)28)19-11-7-4-8-12-19/h3-15H,1-2H3,(H,27,28). The van der Waals surface area contributed by atoms with Crippen molar-refractivity contribution in [2.24, 2.45) is 0 Å². The minimum Gasteiger partial charge on any atom is -0.423 e. The van der Waals surface area contributed by atoms with Crippen LogP contribution in [-0.2, 0) is 0 Å². The second-order valence-electron chi connectivity index (χ2n) is 7.02. The molecule has 0 spiro atoms. The van der Waals surface area contributed by atoms with Crippen LogP contribution in [0.25, 0.3) is 22.4 Å². The van der Waals surface area contributed by atoms with Crippen molar-refractivity contribution in [1.82, 2.24) is 10.2 Å². The Bertz CT molecular complexity index is 1260. The lowest BCUT2D eigenvalue weighted by molar-refractivity contribution is 0.0733. The fraction of sp³-hybridized carbons (Fsp3) is 0.0800. The number of esters is 1. The number of rotatable bonds is 4. The lowest BCUT2D eigenvalue weighted by Crippen LogP contribution is -2.25. The van der Waals surface area contributed by atoms with Gasteiger partial charge in [0.25, 0.3) is 5.56 Å². The maximum absolute atomic E-state index is 13.1. The van der Waals surface area contributed by atoms with E-state index >= 15 is 0 Å². The molecular formula is C25H20N2O3. The Balaban J connectivity index is 1.89. The lowest BCUT2D eigenvalue weighted by atomic mass is 9.95. The number of nitrogens with one attached hydrogen (secondary N) is 1. The largest absolute Gasteiger partial charge is 0.423 e. The molecule has 1 aromatic heterocycles. The Labute approximate surface area is 174 Å². The first-order valence-corrected chi connectivity index (χ1v) is 9.57. The summed E-state index contributed by atoms with van der Waals surface area (Å²) < 4.78 is 5.58. The van der Waals surface area contributed by atoms with Crippen molar-refractivity contribution in [3.63, 3.8) is 0 Å². The van der Waals surface area contributed by atoms with E-state index in [1.807, 2.05) is 80.6 Å². The van der Waals surface area contributed by atoms with E-state index in [1.54, 1.807) is 12.1 Å². The quantitative estimate of drug-likeness (QED) is 0.392. The van der Waals surface area contributed by atoms with E-state index in [4.69, 9.17) is 4.74 Å². The van der Waals surface area contributed by atoms with Crippen molar-refractivity contribution in [3.05, 3.63) is 106 Å². The molecular weight excluding hydrogens is 376 g/mol. The number of aryl methyl sites for hydroxylation is 2. The number of nitrogens with zero attached hydrogens (tertiary/aromatic N) is 1. The molecule has 0 saturated carbocycles. The molecule has 4 rings (SSSR count). The molecule has 0 amide bonds. The van der Waals surface area contributed by atoms with Crippen LogP contribution in [0.1, 0.15) is 21.5 Å². The monoisotopic (exact) mass is 396 g/mol. The summed E-state index contributed by atoms with van der Waals surface area (Å²) in [7, 11) is 0. The number of benzene rings is 3. The van der Waals surface area contributed by atoms with Gasteiger partial charge in [-0.15, -0.1) is 0 Å². The van der Waals surface area contributed by atoms with E-state index in [0.29, 0.717) is 22.6 Å². The van der Waals surface area contributed by atoms with Gasteiger partial charge in [-0.2, -0.15) is 5.10 Å². The second-order valence-corrected chi connectivity index (χ2v) is 7.02. The summed E-state index contributed by atoms with van der Waals surface area (Å²) in [6, 6.07) is 24.1. The van der Waals surface area contributed by atoms with Gasteiger partial charge in [-0.1, -0.05) is 66.7 Å². The number of H-pyrrole nitrogens is 1. The average Bonchev–Trinajstić information content (AvgIpc) is 2.77. The first-order valence-electron chi connectivity index (χ1n) is 9.57. The van der Waals surface area contributed by atoms with E-state index in [-0.39, 0.29) is 5.56 Å². The fourth-order valence-electron chi connectivity index (χ4n) is 3.27. The van der Waals surface area contributed by atoms with Crippen molar-refractivity contribution in [2.45, 2.75) is 13.8 Å². The van der Waals surface area contributed by atoms with Crippen LogP contribution < -0.4 is 10.3 Å². The minimum atomic E-state index is -0.724. The summed E-state index contributed by atoms with van der Waals surface area (Å²) >= 11 is 0. The van der Waals surface area contributed by atoms with Crippen molar-refractivity contribution < 1.29 is 9.53 Å². The predicted molar refractivity (Wildman–Crippen MR) is 117 cm³/mol. The van der Waals surface area contributed by atoms with Gasteiger partial charge in [0, 0.05) is 11.1 Å². The van der Waals surface area contributed by atoms with Crippen LogP contribution in [0.4, 0.5) is 0 Å². The van der Waals surface area contributed by atoms with E-state index in [9.17, 15) is 9.59 Å². The van der Waals surface area contributed by atoms with Crippen molar-refractivity contribution in [3.8, 4) is 28.1 Å². The van der Waals surface area contributed by atoms with Crippen LogP contribution in [0.3, 0.4) is 0 Å². The SMILES string of the molecule is Cc1ccc(OC(=O)c2c(-c3ccccc3)c(-c3ccccc3)n[nH]c2=O)cc1C. The van der Waals surface area contributed by atoms with E-state index < -0.39 is 11.5 Å². The number of aromatic amines is 1. The third-order valence-corrected chi connectivity index (χ3v) is 4.99. The Hall–Kier alpha value is -3.99. The molecule has 0 aliphatic rings. The summed E-state index contributed by atoms with van der Waals surface area (Å²) in [5.74, 6) is -0.336. The van der Waals surface area contributed by atoms with Crippen LogP contribution in [0.2, 0.25) is 0 Å². The number of carbonyl (C=O) groups excluding carboxylic acids is 1. The molecule has 0 fully saturated rings. The molecule has 3 aromatic carbocycles. The Kier molecular flexibility index (Phi) is 5.26. The molecule has 148 valence electrons. The van der Waals surface area contributed by atoms with Crippen molar-refractivity contribution in [1.29, 1.82) is 0 Å². The first-order chi connectivity index (χ1) is 14.5. The number of carbonyl (C=O) groups is 1. The first kappa shape index (κ1) is 19.3. The molecule has 1 N–H and O–H groups in total. The smallest absolute Gasteiger partial charge is 0.349 e. The molecule has 0 saturated heterocycles. The molecule has 0 atom stereocenters. The van der Waals surface area contributed by atoms with Gasteiger partial charge in [-0.05, 0) is 42.7 Å². The lowest BCUT2D eigenvalue weighted by Gasteiger charge is -2.13. The normalized spacial score (nSPS) is 10.6. The third kappa shape index (κ3) is 3.78. The Morgan fingerprint density at radius 2 is 1.47 bits per heavy atom. The molecule has 0 unspecified atom stereocenters. The highest BCUT2D eigenvalue weighted by Gasteiger charge is 2.24. The molecule has 0 aliphatic heterocycles. The fourth-order valence-corrected chi connectivity index (χ4v) is 3.27. The highest BCUT2D eigenvalue weighted by atomic mass is 16.5. The summed E-state index contributed by atoms with van der Waals surface area (Å²) in [5.41, 5.74) is 3.86. The topological polar surface area (TPSA) is 72.0 Å². The maximum Gasteiger partial charge on any atom is 0.349 e. The molecule has 1 heterocycles. The molecule has 5 nitrogen and oxygen atoms in total. The zero-order chi connectivity index (χ0) is 21.1. The molecule has 5 heteroatoms. The third-order valence-electron chi connectivity index (χ3n) is 4.99. The van der Waals surface area contributed by atoms with Crippen LogP contribution in [0.5, 0.6) is 5.75 Å². The van der Waals surface area contributed by atoms with Crippen molar-refractivity contribution in [2.75, 3.05) is 0 Å². The second kappa shape index (κ2) is 8.17. The van der Waals surface area contributed by atoms with Gasteiger partial charge >= 0.3 is 5.97 Å². The highest BCUT2D eigenvalue weighted by Crippen LogP contribution is 2.32. The van der Waals surface area contributed by atoms with Gasteiger partial charge in [0.15, 0.2) is 0 Å². The van der Waals surface area contributed by atoms with E-state index in [0.717, 1.165) is 16.7 Å². The summed E-state index contributed by atoms with van der Waals surface area (Å²) in [6.07, 6.45) is 0. The van der Waals surface area contributed by atoms with E-state index in [2.05, 4.69) is 10.2 Å². The Morgan fingerprint density at radius 1 is 0.833 bits per heavy atom. The van der Waals surface area contributed by atoms with Gasteiger partial charge in [0.1, 0.15) is 11.3 Å².